The minimum atomic E-state index is -4.51. The van der Waals surface area contributed by atoms with Crippen LogP contribution in [0.25, 0.3) is 0 Å². The number of carbonyl (C=O) groups excluding carboxylic acids is 1. The van der Waals surface area contributed by atoms with Crippen LogP contribution < -0.4 is 0 Å². The molecule has 2 nitrogen and oxygen atoms in total. The van der Waals surface area contributed by atoms with Gasteiger partial charge < -0.3 is 4.74 Å². The van der Waals surface area contributed by atoms with Crippen molar-refractivity contribution in [3.63, 3.8) is 0 Å². The van der Waals surface area contributed by atoms with Gasteiger partial charge in [0.1, 0.15) is 0 Å². The molecule has 0 aromatic carbocycles. The third kappa shape index (κ3) is 2.71. The third-order valence-corrected chi connectivity index (χ3v) is 1.47. The number of rotatable bonds is 2. The summed E-state index contributed by atoms with van der Waals surface area (Å²) in [7, 11) is 0.948. The zero-order valence-corrected chi connectivity index (χ0v) is 7.11. The first-order valence-electron chi connectivity index (χ1n) is 3.45. The van der Waals surface area contributed by atoms with Crippen LogP contribution in [0.15, 0.2) is 0 Å². The van der Waals surface area contributed by atoms with E-state index in [1.807, 2.05) is 0 Å². The first kappa shape index (κ1) is 11.3. The fourth-order valence-corrected chi connectivity index (χ4v) is 0.911. The van der Waals surface area contributed by atoms with Gasteiger partial charge in [0.05, 0.1) is 7.11 Å². The Morgan fingerprint density at radius 3 is 1.83 bits per heavy atom. The van der Waals surface area contributed by atoms with Crippen molar-refractivity contribution >= 4 is 5.97 Å². The van der Waals surface area contributed by atoms with E-state index in [1.165, 1.54) is 13.8 Å². The molecule has 0 aromatic rings. The Labute approximate surface area is 68.7 Å². The molecule has 0 unspecified atom stereocenters. The fraction of sp³-hybridized carbons (Fsp3) is 0.857. The van der Waals surface area contributed by atoms with Gasteiger partial charge in [0.15, 0.2) is 5.92 Å². The highest BCUT2D eigenvalue weighted by atomic mass is 19.4. The Kier molecular flexibility index (Phi) is 3.55. The van der Waals surface area contributed by atoms with Gasteiger partial charge in [-0.25, -0.2) is 0 Å². The summed E-state index contributed by atoms with van der Waals surface area (Å²) in [5, 5.41) is 0. The Morgan fingerprint density at radius 2 is 1.75 bits per heavy atom. The van der Waals surface area contributed by atoms with Gasteiger partial charge >= 0.3 is 12.1 Å². The molecule has 0 radical (unpaired) electrons. The van der Waals surface area contributed by atoms with Crippen molar-refractivity contribution in [2.24, 2.45) is 11.8 Å². The lowest BCUT2D eigenvalue weighted by Crippen LogP contribution is -2.35. The predicted octanol–water partition coefficient (Wildman–Crippen LogP) is 1.99. The van der Waals surface area contributed by atoms with E-state index in [0.29, 0.717) is 0 Å². The summed E-state index contributed by atoms with van der Waals surface area (Å²) < 4.78 is 40.4. The van der Waals surface area contributed by atoms with Gasteiger partial charge in [-0.1, -0.05) is 13.8 Å². The molecule has 72 valence electrons. The number of hydrogen-bond acceptors (Lipinski definition) is 2. The highest BCUT2D eigenvalue weighted by molar-refractivity contribution is 5.73. The van der Waals surface area contributed by atoms with Crippen molar-refractivity contribution < 1.29 is 22.7 Å². The molecule has 0 saturated heterocycles. The number of hydrogen-bond donors (Lipinski definition) is 0. The molecule has 0 aliphatic heterocycles. The summed E-state index contributed by atoms with van der Waals surface area (Å²) in [5.74, 6) is -4.03. The van der Waals surface area contributed by atoms with Gasteiger partial charge in [0.2, 0.25) is 0 Å². The van der Waals surface area contributed by atoms with Gasteiger partial charge in [-0.15, -0.1) is 0 Å². The zero-order chi connectivity index (χ0) is 9.94. The summed E-state index contributed by atoms with van der Waals surface area (Å²) in [4.78, 5) is 10.7. The number of alkyl halides is 3. The lowest BCUT2D eigenvalue weighted by atomic mass is 9.95. The molecule has 0 fully saturated rings. The van der Waals surface area contributed by atoms with E-state index >= 15 is 0 Å². The van der Waals surface area contributed by atoms with Crippen molar-refractivity contribution in [3.05, 3.63) is 0 Å². The predicted molar refractivity (Wildman–Crippen MR) is 36.4 cm³/mol. The monoisotopic (exact) mass is 184 g/mol. The fourth-order valence-electron chi connectivity index (χ4n) is 0.911. The Hall–Kier alpha value is -0.740. The van der Waals surface area contributed by atoms with Gasteiger partial charge in [-0.2, -0.15) is 13.2 Å². The van der Waals surface area contributed by atoms with E-state index in [2.05, 4.69) is 4.74 Å². The molecule has 0 N–H and O–H groups in total. The van der Waals surface area contributed by atoms with Crippen LogP contribution in [0.2, 0.25) is 0 Å². The van der Waals surface area contributed by atoms with Crippen molar-refractivity contribution in [3.8, 4) is 0 Å². The number of methoxy groups -OCH3 is 1. The molecule has 0 heterocycles. The van der Waals surface area contributed by atoms with Crippen LogP contribution in [0.1, 0.15) is 13.8 Å². The van der Waals surface area contributed by atoms with E-state index in [0.717, 1.165) is 7.11 Å². The molecule has 0 spiro atoms. The topological polar surface area (TPSA) is 26.3 Å². The van der Waals surface area contributed by atoms with Crippen LogP contribution in [-0.2, 0) is 9.53 Å². The lowest BCUT2D eigenvalue weighted by molar-refractivity contribution is -0.203. The van der Waals surface area contributed by atoms with Gasteiger partial charge in [0.25, 0.3) is 0 Å². The maximum Gasteiger partial charge on any atom is 0.402 e. The summed E-state index contributed by atoms with van der Waals surface area (Å²) >= 11 is 0. The minimum absolute atomic E-state index is 0.794. The normalized spacial score (nSPS) is 14.6. The molecule has 0 amide bonds. The van der Waals surface area contributed by atoms with Gasteiger partial charge in [0, 0.05) is 0 Å². The SMILES string of the molecule is COC(=O)[C@@H](C(C)C)C(F)(F)F. The molecule has 0 rings (SSSR count). The first-order chi connectivity index (χ1) is 5.30. The van der Waals surface area contributed by atoms with Crippen LogP contribution in [0.5, 0.6) is 0 Å². The standard InChI is InChI=1S/C7H11F3O2/c1-4(2)5(6(11)12-3)7(8,9)10/h4-5H,1-3H3/t5-/m1/s1. The molecule has 0 bridgehead atoms. The molecular weight excluding hydrogens is 173 g/mol. The highest BCUT2D eigenvalue weighted by Gasteiger charge is 2.47. The summed E-state index contributed by atoms with van der Waals surface area (Å²) in [6.45, 7) is 2.66. The van der Waals surface area contributed by atoms with Gasteiger partial charge in [-0.3, -0.25) is 4.79 Å². The minimum Gasteiger partial charge on any atom is -0.469 e. The maximum absolute atomic E-state index is 12.1. The van der Waals surface area contributed by atoms with Crippen molar-refractivity contribution in [2.75, 3.05) is 7.11 Å². The van der Waals surface area contributed by atoms with Crippen LogP contribution >= 0.6 is 0 Å². The first-order valence-corrected chi connectivity index (χ1v) is 3.45. The molecular formula is C7H11F3O2. The molecule has 0 aliphatic rings. The average molecular weight is 184 g/mol. The van der Waals surface area contributed by atoms with E-state index in [1.54, 1.807) is 0 Å². The van der Waals surface area contributed by atoms with Crippen LogP contribution in [0.3, 0.4) is 0 Å². The number of ether oxygens (including phenoxy) is 1. The Bertz CT molecular complexity index is 163. The van der Waals surface area contributed by atoms with Crippen molar-refractivity contribution in [1.29, 1.82) is 0 Å². The number of carbonyl (C=O) groups is 1. The zero-order valence-electron chi connectivity index (χ0n) is 7.11. The van der Waals surface area contributed by atoms with Crippen molar-refractivity contribution in [1.82, 2.24) is 0 Å². The Balaban J connectivity index is 4.56. The van der Waals surface area contributed by atoms with Crippen LogP contribution in [0.4, 0.5) is 13.2 Å². The molecule has 0 aromatic heterocycles. The quantitative estimate of drug-likeness (QED) is 0.613. The molecule has 1 atom stereocenters. The largest absolute Gasteiger partial charge is 0.469 e. The second-order valence-electron chi connectivity index (χ2n) is 2.79. The third-order valence-electron chi connectivity index (χ3n) is 1.47. The van der Waals surface area contributed by atoms with Crippen LogP contribution in [0, 0.1) is 11.8 Å². The van der Waals surface area contributed by atoms with E-state index < -0.39 is 24.0 Å². The Morgan fingerprint density at radius 1 is 1.33 bits per heavy atom. The smallest absolute Gasteiger partial charge is 0.402 e. The molecule has 12 heavy (non-hydrogen) atoms. The van der Waals surface area contributed by atoms with E-state index in [4.69, 9.17) is 0 Å². The number of halogens is 3. The van der Waals surface area contributed by atoms with Crippen LogP contribution in [-0.4, -0.2) is 19.3 Å². The molecule has 0 aliphatic carbocycles. The second kappa shape index (κ2) is 3.78. The highest BCUT2D eigenvalue weighted by Crippen LogP contribution is 2.32. The summed E-state index contributed by atoms with van der Waals surface area (Å²) in [5.41, 5.74) is 0. The summed E-state index contributed by atoms with van der Waals surface area (Å²) in [6, 6.07) is 0. The van der Waals surface area contributed by atoms with Crippen molar-refractivity contribution in [2.45, 2.75) is 20.0 Å². The molecule has 5 heteroatoms. The lowest BCUT2D eigenvalue weighted by Gasteiger charge is -2.20. The number of esters is 1. The second-order valence-corrected chi connectivity index (χ2v) is 2.79. The molecule has 0 saturated carbocycles. The maximum atomic E-state index is 12.1. The van der Waals surface area contributed by atoms with E-state index in [9.17, 15) is 18.0 Å². The summed E-state index contributed by atoms with van der Waals surface area (Å²) in [6.07, 6.45) is -4.51. The van der Waals surface area contributed by atoms with Gasteiger partial charge in [-0.05, 0) is 5.92 Å². The average Bonchev–Trinajstić information content (AvgIpc) is 1.83. The van der Waals surface area contributed by atoms with E-state index in [-0.39, 0.29) is 0 Å².